The van der Waals surface area contributed by atoms with Gasteiger partial charge < -0.3 is 9.67 Å². The number of hydrogen-bond acceptors (Lipinski definition) is 4. The molecule has 20 heavy (non-hydrogen) atoms. The second-order valence-electron chi connectivity index (χ2n) is 4.94. The first-order valence-corrected chi connectivity index (χ1v) is 6.14. The molecule has 108 valence electrons. The lowest BCUT2D eigenvalue weighted by Crippen LogP contribution is -2.39. The maximum absolute atomic E-state index is 12.2. The van der Waals surface area contributed by atoms with Crippen LogP contribution in [0.2, 0.25) is 0 Å². The summed E-state index contributed by atoms with van der Waals surface area (Å²) in [7, 11) is 2.97. The Morgan fingerprint density at radius 1 is 1.25 bits per heavy atom. The van der Waals surface area contributed by atoms with Crippen LogP contribution in [0.3, 0.4) is 0 Å². The van der Waals surface area contributed by atoms with E-state index in [1.165, 1.54) is 16.2 Å². The van der Waals surface area contributed by atoms with Crippen molar-refractivity contribution in [3.8, 4) is 0 Å². The Bertz CT molecular complexity index is 809. The van der Waals surface area contributed by atoms with E-state index < -0.39 is 17.2 Å². The molecular formula is C12H16N4O4. The molecular weight excluding hydrogens is 264 g/mol. The highest BCUT2D eigenvalue weighted by Gasteiger charge is 2.20. The normalized spacial score (nSPS) is 11.4. The Hall–Kier alpha value is -2.38. The van der Waals surface area contributed by atoms with E-state index >= 15 is 0 Å². The van der Waals surface area contributed by atoms with Gasteiger partial charge in [-0.25, -0.2) is 9.78 Å². The standard InChI is InChI=1S/C12H16N4O4/c1-6(2)16-10-9(11(19)15(4)12(16)20)14(3)7(13-10)5-8(17)18/h6H,5H2,1-4H3,(H,17,18). The van der Waals surface area contributed by atoms with Crippen molar-refractivity contribution in [3.05, 3.63) is 26.7 Å². The van der Waals surface area contributed by atoms with Crippen molar-refractivity contribution in [2.45, 2.75) is 26.3 Å². The average Bonchev–Trinajstić information content (AvgIpc) is 2.63. The van der Waals surface area contributed by atoms with Gasteiger partial charge in [0.2, 0.25) is 0 Å². The number of imidazole rings is 1. The predicted molar refractivity (Wildman–Crippen MR) is 71.9 cm³/mol. The minimum Gasteiger partial charge on any atom is -0.481 e. The van der Waals surface area contributed by atoms with Crippen LogP contribution in [0.5, 0.6) is 0 Å². The third-order valence-corrected chi connectivity index (χ3v) is 3.22. The maximum Gasteiger partial charge on any atom is 0.332 e. The summed E-state index contributed by atoms with van der Waals surface area (Å²) in [4.78, 5) is 39.3. The molecule has 0 aliphatic heterocycles. The summed E-state index contributed by atoms with van der Waals surface area (Å²) in [6.45, 7) is 3.60. The highest BCUT2D eigenvalue weighted by molar-refractivity contribution is 5.74. The summed E-state index contributed by atoms with van der Waals surface area (Å²) in [6, 6.07) is -0.190. The number of aliphatic carboxylic acids is 1. The number of aromatic nitrogens is 4. The molecule has 0 amide bonds. The molecule has 0 atom stereocenters. The van der Waals surface area contributed by atoms with Gasteiger partial charge in [0, 0.05) is 20.1 Å². The second kappa shape index (κ2) is 4.62. The molecule has 2 rings (SSSR count). The number of hydrogen-bond donors (Lipinski definition) is 1. The fourth-order valence-corrected chi connectivity index (χ4v) is 2.19. The lowest BCUT2D eigenvalue weighted by molar-refractivity contribution is -0.136. The molecule has 2 heterocycles. The Balaban J connectivity index is 2.97. The zero-order chi connectivity index (χ0) is 15.2. The Labute approximate surface area is 113 Å². The van der Waals surface area contributed by atoms with E-state index in [9.17, 15) is 14.4 Å². The highest BCUT2D eigenvalue weighted by Crippen LogP contribution is 2.13. The molecule has 0 bridgehead atoms. The van der Waals surface area contributed by atoms with Crippen LogP contribution in [0, 0.1) is 0 Å². The smallest absolute Gasteiger partial charge is 0.332 e. The third-order valence-electron chi connectivity index (χ3n) is 3.22. The van der Waals surface area contributed by atoms with Crippen LogP contribution in [0.15, 0.2) is 9.59 Å². The fraction of sp³-hybridized carbons (Fsp3) is 0.500. The van der Waals surface area contributed by atoms with Gasteiger partial charge in [-0.2, -0.15) is 0 Å². The van der Waals surface area contributed by atoms with Crippen LogP contribution in [0.25, 0.3) is 11.2 Å². The second-order valence-corrected chi connectivity index (χ2v) is 4.94. The molecule has 8 heteroatoms. The molecule has 0 aliphatic carbocycles. The van der Waals surface area contributed by atoms with Gasteiger partial charge in [-0.15, -0.1) is 0 Å². The minimum absolute atomic E-state index is 0.190. The molecule has 2 aromatic heterocycles. The van der Waals surface area contributed by atoms with Crippen molar-refractivity contribution >= 4 is 17.1 Å². The average molecular weight is 280 g/mol. The van der Waals surface area contributed by atoms with Gasteiger partial charge in [0.05, 0.1) is 0 Å². The first-order valence-electron chi connectivity index (χ1n) is 6.14. The van der Waals surface area contributed by atoms with E-state index in [1.54, 1.807) is 20.9 Å². The van der Waals surface area contributed by atoms with Gasteiger partial charge in [0.1, 0.15) is 12.2 Å². The number of fused-ring (bicyclic) bond motifs is 1. The molecule has 2 aromatic rings. The SMILES string of the molecule is CC(C)n1c(=O)n(C)c(=O)c2c1nc(CC(=O)O)n2C. The van der Waals surface area contributed by atoms with Gasteiger partial charge in [0.25, 0.3) is 5.56 Å². The molecule has 0 aromatic carbocycles. The zero-order valence-corrected chi connectivity index (χ0v) is 11.7. The molecule has 0 saturated carbocycles. The summed E-state index contributed by atoms with van der Waals surface area (Å²) in [5, 5.41) is 8.87. The van der Waals surface area contributed by atoms with E-state index in [4.69, 9.17) is 5.11 Å². The first-order chi connectivity index (χ1) is 9.25. The molecule has 0 saturated heterocycles. The number of nitrogens with zero attached hydrogens (tertiary/aromatic N) is 4. The number of carboxylic acid groups (broad SMARTS) is 1. The summed E-state index contributed by atoms with van der Waals surface area (Å²) in [6.07, 6.45) is -0.305. The molecule has 0 fully saturated rings. The van der Waals surface area contributed by atoms with Crippen LogP contribution < -0.4 is 11.2 Å². The van der Waals surface area contributed by atoms with Gasteiger partial charge in [-0.05, 0) is 13.8 Å². The monoisotopic (exact) mass is 280 g/mol. The maximum atomic E-state index is 12.2. The Morgan fingerprint density at radius 2 is 1.85 bits per heavy atom. The van der Waals surface area contributed by atoms with Gasteiger partial charge >= 0.3 is 11.7 Å². The minimum atomic E-state index is -1.04. The molecule has 0 radical (unpaired) electrons. The summed E-state index contributed by atoms with van der Waals surface area (Å²) in [5.74, 6) is -0.803. The molecule has 8 nitrogen and oxygen atoms in total. The van der Waals surface area contributed by atoms with E-state index in [1.807, 2.05) is 0 Å². The van der Waals surface area contributed by atoms with Crippen LogP contribution >= 0.6 is 0 Å². The molecule has 0 unspecified atom stereocenters. The van der Waals surface area contributed by atoms with E-state index in [0.717, 1.165) is 4.57 Å². The first kappa shape index (κ1) is 14.0. The van der Waals surface area contributed by atoms with E-state index in [2.05, 4.69) is 4.98 Å². The zero-order valence-electron chi connectivity index (χ0n) is 11.7. The Morgan fingerprint density at radius 3 is 2.35 bits per heavy atom. The van der Waals surface area contributed by atoms with Crippen LogP contribution in [-0.2, 0) is 25.3 Å². The quantitative estimate of drug-likeness (QED) is 0.828. The number of carboxylic acids is 1. The fourth-order valence-electron chi connectivity index (χ4n) is 2.19. The molecule has 0 aliphatic rings. The highest BCUT2D eigenvalue weighted by atomic mass is 16.4. The van der Waals surface area contributed by atoms with Gasteiger partial charge in [-0.3, -0.25) is 18.7 Å². The Kier molecular flexibility index (Phi) is 3.24. The van der Waals surface area contributed by atoms with E-state index in [0.29, 0.717) is 0 Å². The third kappa shape index (κ3) is 1.93. The van der Waals surface area contributed by atoms with Crippen LogP contribution in [0.1, 0.15) is 25.7 Å². The lowest BCUT2D eigenvalue weighted by Gasteiger charge is -2.11. The van der Waals surface area contributed by atoms with Crippen LogP contribution in [0.4, 0.5) is 0 Å². The topological polar surface area (TPSA) is 99.1 Å². The van der Waals surface area contributed by atoms with Gasteiger partial charge in [0.15, 0.2) is 11.2 Å². The van der Waals surface area contributed by atoms with Crippen molar-refractivity contribution in [2.75, 3.05) is 0 Å². The summed E-state index contributed by atoms with van der Waals surface area (Å²) in [5.41, 5.74) is -0.477. The molecule has 0 spiro atoms. The van der Waals surface area contributed by atoms with Crippen molar-refractivity contribution < 1.29 is 9.90 Å². The summed E-state index contributed by atoms with van der Waals surface area (Å²) < 4.78 is 3.83. The largest absolute Gasteiger partial charge is 0.481 e. The lowest BCUT2D eigenvalue weighted by atomic mass is 10.3. The summed E-state index contributed by atoms with van der Waals surface area (Å²) >= 11 is 0. The van der Waals surface area contributed by atoms with Crippen molar-refractivity contribution in [1.82, 2.24) is 18.7 Å². The van der Waals surface area contributed by atoms with Crippen molar-refractivity contribution in [3.63, 3.8) is 0 Å². The van der Waals surface area contributed by atoms with Crippen molar-refractivity contribution in [1.29, 1.82) is 0 Å². The van der Waals surface area contributed by atoms with E-state index in [-0.39, 0.29) is 29.5 Å². The predicted octanol–water partition coefficient (Wildman–Crippen LogP) is -0.358. The van der Waals surface area contributed by atoms with Crippen molar-refractivity contribution in [2.24, 2.45) is 14.1 Å². The number of rotatable bonds is 3. The molecule has 1 N–H and O–H groups in total. The number of aryl methyl sites for hydroxylation is 1. The van der Waals surface area contributed by atoms with Crippen LogP contribution in [-0.4, -0.2) is 29.8 Å². The number of carbonyl (C=O) groups is 1. The van der Waals surface area contributed by atoms with Gasteiger partial charge in [-0.1, -0.05) is 0 Å².